The Morgan fingerprint density at radius 3 is 1.15 bits per heavy atom. The third-order valence-electron chi connectivity index (χ3n) is 9.52. The van der Waals surface area contributed by atoms with E-state index in [1.165, 1.54) is 141 Å². The highest BCUT2D eigenvalue weighted by molar-refractivity contribution is 7.80. The Morgan fingerprint density at radius 2 is 0.804 bits per heavy atom. The van der Waals surface area contributed by atoms with Crippen LogP contribution >= 0.6 is 12.2 Å². The quantitative estimate of drug-likeness (QED) is 0.0373. The Kier molecular flexibility index (Phi) is 33.1. The molecule has 5 heteroatoms. The van der Waals surface area contributed by atoms with Crippen LogP contribution in [0.5, 0.6) is 0 Å². The fourth-order valence-corrected chi connectivity index (χ4v) is 7.15. The lowest BCUT2D eigenvalue weighted by Gasteiger charge is -2.48. The van der Waals surface area contributed by atoms with Crippen LogP contribution in [0.2, 0.25) is 0 Å². The topological polar surface area (TPSA) is 36.9 Å². The highest BCUT2D eigenvalue weighted by Gasteiger charge is 2.57. The van der Waals surface area contributed by atoms with Crippen LogP contribution < -0.4 is 0 Å². The smallest absolute Gasteiger partial charge is 0.206 e. The van der Waals surface area contributed by atoms with Gasteiger partial charge < -0.3 is 18.9 Å². The van der Waals surface area contributed by atoms with Gasteiger partial charge in [0.05, 0.1) is 13.2 Å². The summed E-state index contributed by atoms with van der Waals surface area (Å²) in [6, 6.07) is 0. The van der Waals surface area contributed by atoms with Gasteiger partial charge in [0.25, 0.3) is 0 Å². The highest BCUT2D eigenvalue weighted by Crippen LogP contribution is 2.41. The monoisotopic (exact) mass is 671 g/mol. The second-order valence-electron chi connectivity index (χ2n) is 13.7. The van der Waals surface area contributed by atoms with Crippen molar-refractivity contribution in [2.75, 3.05) is 26.4 Å². The molecule has 0 bridgehead atoms. The molecule has 46 heavy (non-hydrogen) atoms. The van der Waals surface area contributed by atoms with Crippen molar-refractivity contribution in [3.63, 3.8) is 0 Å². The lowest BCUT2D eigenvalue weighted by molar-refractivity contribution is -0.317. The van der Waals surface area contributed by atoms with Gasteiger partial charge in [0.2, 0.25) is 5.79 Å². The van der Waals surface area contributed by atoms with E-state index < -0.39 is 11.4 Å². The number of ether oxygens (including phenoxy) is 4. The van der Waals surface area contributed by atoms with Gasteiger partial charge in [-0.05, 0) is 44.8 Å². The molecule has 0 rings (SSSR count). The second-order valence-corrected chi connectivity index (χ2v) is 14.1. The van der Waals surface area contributed by atoms with E-state index in [0.29, 0.717) is 37.9 Å². The predicted octanol–water partition coefficient (Wildman–Crippen LogP) is 13.9. The number of hydrogen-bond donors (Lipinski definition) is 0. The maximum Gasteiger partial charge on any atom is 0.206 e. The van der Waals surface area contributed by atoms with E-state index in [2.05, 4.69) is 41.5 Å². The molecule has 0 fully saturated rings. The molecular formula is C41H82O4S. The van der Waals surface area contributed by atoms with E-state index in [-0.39, 0.29) is 0 Å². The number of hydrogen-bond acceptors (Lipinski definition) is 5. The molecule has 2 unspecified atom stereocenters. The first-order valence-electron chi connectivity index (χ1n) is 20.6. The van der Waals surface area contributed by atoms with Crippen LogP contribution in [0.3, 0.4) is 0 Å². The minimum Gasteiger partial charge on any atom is -0.484 e. The summed E-state index contributed by atoms with van der Waals surface area (Å²) in [7, 11) is 0. The summed E-state index contributed by atoms with van der Waals surface area (Å²) in [6.45, 7) is 15.6. The summed E-state index contributed by atoms with van der Waals surface area (Å²) >= 11 is 6.02. The van der Waals surface area contributed by atoms with E-state index in [4.69, 9.17) is 31.2 Å². The molecule has 0 aliphatic carbocycles. The van der Waals surface area contributed by atoms with E-state index in [0.717, 1.165) is 32.1 Å². The van der Waals surface area contributed by atoms with E-state index in [1.807, 2.05) is 0 Å². The maximum atomic E-state index is 6.85. The molecule has 0 radical (unpaired) electrons. The Hall–Kier alpha value is -0.230. The zero-order chi connectivity index (χ0) is 34.0. The largest absolute Gasteiger partial charge is 0.484 e. The summed E-state index contributed by atoms with van der Waals surface area (Å²) in [5.41, 5.74) is -0.890. The average Bonchev–Trinajstić information content (AvgIpc) is 3.06. The molecule has 0 heterocycles. The van der Waals surface area contributed by atoms with Gasteiger partial charge in [-0.3, -0.25) is 0 Å². The molecule has 0 N–H and O–H groups in total. The van der Waals surface area contributed by atoms with Crippen LogP contribution in [0.25, 0.3) is 0 Å². The fraction of sp³-hybridized carbons (Fsp3) is 0.976. The molecule has 0 aromatic heterocycles. The molecule has 0 spiro atoms. The lowest BCUT2D eigenvalue weighted by atomic mass is 9.86. The minimum atomic E-state index is -0.926. The van der Waals surface area contributed by atoms with Gasteiger partial charge >= 0.3 is 0 Å². The molecule has 0 aromatic rings. The van der Waals surface area contributed by atoms with Crippen molar-refractivity contribution >= 4 is 17.3 Å². The molecule has 0 aliphatic heterocycles. The molecule has 0 aromatic carbocycles. The van der Waals surface area contributed by atoms with Crippen LogP contribution in [-0.2, 0) is 18.9 Å². The second kappa shape index (κ2) is 33.3. The van der Waals surface area contributed by atoms with Crippen molar-refractivity contribution in [2.45, 2.75) is 233 Å². The third-order valence-corrected chi connectivity index (χ3v) is 9.96. The van der Waals surface area contributed by atoms with Gasteiger partial charge in [-0.1, -0.05) is 182 Å². The average molecular weight is 671 g/mol. The zero-order valence-corrected chi connectivity index (χ0v) is 33.0. The molecule has 0 amide bonds. The van der Waals surface area contributed by atoms with Crippen LogP contribution in [0.4, 0.5) is 0 Å². The molecule has 2 atom stereocenters. The normalized spacial score (nSPS) is 14.3. The maximum absolute atomic E-state index is 6.85. The zero-order valence-electron chi connectivity index (χ0n) is 32.2. The Labute approximate surface area is 294 Å². The molecule has 0 aliphatic rings. The number of rotatable bonds is 37. The van der Waals surface area contributed by atoms with Gasteiger partial charge in [0, 0.05) is 19.6 Å². The van der Waals surface area contributed by atoms with Gasteiger partial charge in [0.15, 0.2) is 10.7 Å². The highest BCUT2D eigenvalue weighted by atomic mass is 32.1. The van der Waals surface area contributed by atoms with Gasteiger partial charge in [-0.2, -0.15) is 0 Å². The van der Waals surface area contributed by atoms with Gasteiger partial charge in [0.1, 0.15) is 0 Å². The van der Waals surface area contributed by atoms with Crippen LogP contribution in [-0.4, -0.2) is 42.9 Å². The summed E-state index contributed by atoms with van der Waals surface area (Å²) in [4.78, 5) is 0. The van der Waals surface area contributed by atoms with E-state index in [9.17, 15) is 0 Å². The standard InChI is InChI=1S/C41H82O4S/c1-7-13-15-17-19-21-23-25-27-29-31-33-37-44-40(11-5,39(46)42-36-10-4)41(35-9-3,43-12-6)45-38-34-32-30-28-26-24-22-20-18-16-14-8-2/h7-38H2,1-6H3. The summed E-state index contributed by atoms with van der Waals surface area (Å²) < 4.78 is 26.4. The van der Waals surface area contributed by atoms with Crippen molar-refractivity contribution in [1.29, 1.82) is 0 Å². The summed E-state index contributed by atoms with van der Waals surface area (Å²) in [5.74, 6) is -0.926. The predicted molar refractivity (Wildman–Crippen MR) is 205 cm³/mol. The molecule has 0 saturated carbocycles. The first-order chi connectivity index (χ1) is 22.5. The Morgan fingerprint density at radius 1 is 0.413 bits per heavy atom. The first kappa shape index (κ1) is 45.8. The van der Waals surface area contributed by atoms with Crippen molar-refractivity contribution in [2.24, 2.45) is 0 Å². The van der Waals surface area contributed by atoms with Crippen molar-refractivity contribution in [3.05, 3.63) is 0 Å². The molecule has 276 valence electrons. The molecular weight excluding hydrogens is 589 g/mol. The van der Waals surface area contributed by atoms with Crippen LogP contribution in [0.15, 0.2) is 0 Å². The number of thiocarbonyl (C=S) groups is 1. The number of unbranched alkanes of at least 4 members (excludes halogenated alkanes) is 22. The van der Waals surface area contributed by atoms with Crippen molar-refractivity contribution in [1.82, 2.24) is 0 Å². The van der Waals surface area contributed by atoms with Gasteiger partial charge in [-0.15, -0.1) is 0 Å². The van der Waals surface area contributed by atoms with E-state index >= 15 is 0 Å². The first-order valence-corrected chi connectivity index (χ1v) is 21.0. The van der Waals surface area contributed by atoms with Crippen LogP contribution in [0, 0.1) is 0 Å². The molecule has 0 saturated heterocycles. The van der Waals surface area contributed by atoms with Crippen LogP contribution in [0.1, 0.15) is 221 Å². The van der Waals surface area contributed by atoms with Crippen molar-refractivity contribution < 1.29 is 18.9 Å². The SMILES string of the molecule is CCCCCCCCCCCCCCOC(CCC)(OCC)C(CC)(OCCCCCCCCCCCCCC)C(=S)OCCC. The van der Waals surface area contributed by atoms with Gasteiger partial charge in [-0.25, -0.2) is 0 Å². The van der Waals surface area contributed by atoms with E-state index in [1.54, 1.807) is 0 Å². The third kappa shape index (κ3) is 21.0. The lowest BCUT2D eigenvalue weighted by Crippen LogP contribution is -2.64. The summed E-state index contributed by atoms with van der Waals surface area (Å²) in [6.07, 6.45) is 35.1. The summed E-state index contributed by atoms with van der Waals surface area (Å²) in [5, 5.41) is 0.507. The fourth-order valence-electron chi connectivity index (χ4n) is 6.70. The Bertz CT molecular complexity index is 636. The van der Waals surface area contributed by atoms with Crippen molar-refractivity contribution in [3.8, 4) is 0 Å². The Balaban J connectivity index is 4.93. The molecule has 4 nitrogen and oxygen atoms in total. The minimum absolute atomic E-state index is 0.507.